The number of sulfonamides is 1. The fraction of sp³-hybridized carbons (Fsp3) is 0.478. The molecule has 11 heteroatoms. The van der Waals surface area contributed by atoms with E-state index >= 15 is 0 Å². The minimum Gasteiger partial charge on any atom is -0.465 e. The Morgan fingerprint density at radius 2 is 1.76 bits per heavy atom. The highest BCUT2D eigenvalue weighted by Gasteiger charge is 2.30. The van der Waals surface area contributed by atoms with Crippen LogP contribution in [-0.4, -0.2) is 63.3 Å². The van der Waals surface area contributed by atoms with Gasteiger partial charge in [0.05, 0.1) is 17.6 Å². The van der Waals surface area contributed by atoms with Crippen molar-refractivity contribution >= 4 is 50.6 Å². The summed E-state index contributed by atoms with van der Waals surface area (Å²) in [5.74, 6) is -0.340. The van der Waals surface area contributed by atoms with E-state index in [1.807, 2.05) is 7.05 Å². The number of halogens is 1. The second-order valence-electron chi connectivity index (χ2n) is 8.75. The Hall–Kier alpha value is -1.98. The van der Waals surface area contributed by atoms with Crippen molar-refractivity contribution < 1.29 is 22.7 Å². The van der Waals surface area contributed by atoms with Crippen LogP contribution < -0.4 is 5.32 Å². The molecule has 0 saturated carbocycles. The van der Waals surface area contributed by atoms with Crippen LogP contribution in [0.15, 0.2) is 29.2 Å². The summed E-state index contributed by atoms with van der Waals surface area (Å²) in [7, 11) is -0.236. The largest absolute Gasteiger partial charge is 0.465 e. The first-order chi connectivity index (χ1) is 15.7. The van der Waals surface area contributed by atoms with Crippen LogP contribution in [0.25, 0.3) is 0 Å². The Balaban J connectivity index is 0.00000324. The lowest BCUT2D eigenvalue weighted by atomic mass is 10.0. The number of likely N-dealkylation sites (N-methyl/N-ethyl adjacent to an activating group) is 1. The van der Waals surface area contributed by atoms with Gasteiger partial charge in [0, 0.05) is 36.6 Å². The third kappa shape index (κ3) is 5.31. The predicted octanol–water partition coefficient (Wildman–Crippen LogP) is 3.62. The van der Waals surface area contributed by atoms with Crippen molar-refractivity contribution in [2.24, 2.45) is 5.92 Å². The topological polar surface area (TPSA) is 96.0 Å². The van der Waals surface area contributed by atoms with Crippen molar-refractivity contribution in [2.45, 2.75) is 37.6 Å². The van der Waals surface area contributed by atoms with Gasteiger partial charge in [0.15, 0.2) is 0 Å². The van der Waals surface area contributed by atoms with E-state index in [1.54, 1.807) is 0 Å². The Kier molecular flexibility index (Phi) is 8.41. The minimum atomic E-state index is -3.58. The van der Waals surface area contributed by atoms with Gasteiger partial charge < -0.3 is 15.0 Å². The smallest absolute Gasteiger partial charge is 0.341 e. The van der Waals surface area contributed by atoms with E-state index < -0.39 is 21.9 Å². The maximum Gasteiger partial charge on any atom is 0.341 e. The third-order valence-electron chi connectivity index (χ3n) is 6.36. The van der Waals surface area contributed by atoms with E-state index in [4.69, 9.17) is 4.74 Å². The number of carbonyl (C=O) groups excluding carboxylic acids is 2. The highest BCUT2D eigenvalue weighted by atomic mass is 35.5. The molecule has 3 heterocycles. The standard InChI is InChI=1S/C23H29N3O5S2.ClH/c1-15-8-12-26(13-9-15)33(29,30)17-6-4-16(5-7-17)21(27)24-22-20(23(28)31-3)18-10-11-25(2)14-19(18)32-22;/h4-7,15H,8-14H2,1-3H3,(H,24,27);1H. The number of piperidine rings is 1. The Labute approximate surface area is 210 Å². The monoisotopic (exact) mass is 527 g/mol. The van der Waals surface area contributed by atoms with Gasteiger partial charge in [-0.1, -0.05) is 6.92 Å². The molecule has 2 aromatic rings. The predicted molar refractivity (Wildman–Crippen MR) is 134 cm³/mol. The van der Waals surface area contributed by atoms with Gasteiger partial charge in [-0.25, -0.2) is 13.2 Å². The van der Waals surface area contributed by atoms with Crippen LogP contribution in [-0.2, 0) is 27.7 Å². The number of hydrogen-bond donors (Lipinski definition) is 1. The van der Waals surface area contributed by atoms with Crippen LogP contribution in [0.1, 0.15) is 50.9 Å². The van der Waals surface area contributed by atoms with Gasteiger partial charge in [0.1, 0.15) is 5.00 Å². The molecular formula is C23H30ClN3O5S2. The lowest BCUT2D eigenvalue weighted by molar-refractivity contribution is 0.0600. The average molecular weight is 528 g/mol. The van der Waals surface area contributed by atoms with E-state index in [1.165, 1.54) is 47.0 Å². The molecule has 0 aliphatic carbocycles. The SMILES string of the molecule is COC(=O)c1c(NC(=O)c2ccc(S(=O)(=O)N3CCC(C)CC3)cc2)sc2c1CCN(C)C2.Cl. The molecule has 0 spiro atoms. The second-order valence-corrected chi connectivity index (χ2v) is 11.8. The Morgan fingerprint density at radius 3 is 2.38 bits per heavy atom. The summed E-state index contributed by atoms with van der Waals surface area (Å²) in [6.07, 6.45) is 2.41. The number of fused-ring (bicyclic) bond motifs is 1. The Bertz CT molecular complexity index is 1160. The molecule has 8 nitrogen and oxygen atoms in total. The third-order valence-corrected chi connectivity index (χ3v) is 9.41. The molecule has 1 aromatic heterocycles. The van der Waals surface area contributed by atoms with Crippen LogP contribution >= 0.6 is 23.7 Å². The first-order valence-electron chi connectivity index (χ1n) is 11.0. The van der Waals surface area contributed by atoms with Crippen LogP contribution in [0, 0.1) is 5.92 Å². The van der Waals surface area contributed by atoms with Crippen LogP contribution in [0.2, 0.25) is 0 Å². The van der Waals surface area contributed by atoms with E-state index in [2.05, 4.69) is 17.1 Å². The number of benzene rings is 1. The maximum absolute atomic E-state index is 12.9. The molecule has 4 rings (SSSR count). The number of ether oxygens (including phenoxy) is 1. The van der Waals surface area contributed by atoms with E-state index in [0.29, 0.717) is 48.1 Å². The van der Waals surface area contributed by atoms with Crippen molar-refractivity contribution in [3.63, 3.8) is 0 Å². The maximum atomic E-state index is 12.9. The van der Waals surface area contributed by atoms with E-state index in [0.717, 1.165) is 29.8 Å². The molecule has 1 amide bonds. The molecule has 0 bridgehead atoms. The molecule has 2 aliphatic rings. The van der Waals surface area contributed by atoms with E-state index in [-0.39, 0.29) is 17.3 Å². The summed E-state index contributed by atoms with van der Waals surface area (Å²) in [5, 5.41) is 3.31. The normalized spacial score (nSPS) is 17.5. The number of nitrogens with one attached hydrogen (secondary N) is 1. The molecule has 186 valence electrons. The summed E-state index contributed by atoms with van der Waals surface area (Å²) in [6, 6.07) is 5.96. The van der Waals surface area contributed by atoms with Crippen molar-refractivity contribution in [3.05, 3.63) is 45.8 Å². The lowest BCUT2D eigenvalue weighted by Crippen LogP contribution is -2.37. The molecular weight excluding hydrogens is 498 g/mol. The van der Waals surface area contributed by atoms with Crippen LogP contribution in [0.3, 0.4) is 0 Å². The highest BCUT2D eigenvalue weighted by molar-refractivity contribution is 7.89. The van der Waals surface area contributed by atoms with E-state index in [9.17, 15) is 18.0 Å². The van der Waals surface area contributed by atoms with Crippen molar-refractivity contribution in [2.75, 3.05) is 39.1 Å². The quantitative estimate of drug-likeness (QED) is 0.597. The minimum absolute atomic E-state index is 0. The molecule has 2 aliphatic heterocycles. The lowest BCUT2D eigenvalue weighted by Gasteiger charge is -2.29. The molecule has 34 heavy (non-hydrogen) atoms. The van der Waals surface area contributed by atoms with Crippen molar-refractivity contribution in [1.29, 1.82) is 0 Å². The number of rotatable bonds is 5. The number of amides is 1. The molecule has 1 aromatic carbocycles. The molecule has 0 unspecified atom stereocenters. The van der Waals surface area contributed by atoms with Gasteiger partial charge in [-0.05, 0) is 62.1 Å². The number of anilines is 1. The molecule has 0 atom stereocenters. The summed E-state index contributed by atoms with van der Waals surface area (Å²) in [5.41, 5.74) is 1.66. The first kappa shape index (κ1) is 26.6. The van der Waals surface area contributed by atoms with Crippen LogP contribution in [0.5, 0.6) is 0 Å². The number of esters is 1. The summed E-state index contributed by atoms with van der Waals surface area (Å²) < 4.78 is 32.3. The first-order valence-corrected chi connectivity index (χ1v) is 13.3. The molecule has 1 saturated heterocycles. The van der Waals surface area contributed by atoms with Gasteiger partial charge in [0.2, 0.25) is 10.0 Å². The number of methoxy groups -OCH3 is 1. The van der Waals surface area contributed by atoms with Crippen molar-refractivity contribution in [1.82, 2.24) is 9.21 Å². The zero-order valence-corrected chi connectivity index (χ0v) is 21.9. The Morgan fingerprint density at radius 1 is 1.12 bits per heavy atom. The highest BCUT2D eigenvalue weighted by Crippen LogP contribution is 2.37. The van der Waals surface area contributed by atoms with Crippen LogP contribution in [0.4, 0.5) is 5.00 Å². The fourth-order valence-corrected chi connectivity index (χ4v) is 7.05. The van der Waals surface area contributed by atoms with Crippen molar-refractivity contribution in [3.8, 4) is 0 Å². The summed E-state index contributed by atoms with van der Waals surface area (Å²) >= 11 is 1.38. The average Bonchev–Trinajstić information content (AvgIpc) is 3.15. The van der Waals surface area contributed by atoms with Gasteiger partial charge in [-0.15, -0.1) is 23.7 Å². The zero-order valence-electron chi connectivity index (χ0n) is 19.5. The number of thiophene rings is 1. The molecule has 0 radical (unpaired) electrons. The fourth-order valence-electron chi connectivity index (χ4n) is 4.27. The second kappa shape index (κ2) is 10.7. The number of nitrogens with zero attached hydrogens (tertiary/aromatic N) is 2. The molecule has 1 fully saturated rings. The van der Waals surface area contributed by atoms with Gasteiger partial charge in [-0.2, -0.15) is 4.31 Å². The summed E-state index contributed by atoms with van der Waals surface area (Å²) in [6.45, 7) is 4.69. The van der Waals surface area contributed by atoms with Gasteiger partial charge >= 0.3 is 5.97 Å². The van der Waals surface area contributed by atoms with Gasteiger partial charge in [-0.3, -0.25) is 4.79 Å². The zero-order chi connectivity index (χ0) is 23.8. The summed E-state index contributed by atoms with van der Waals surface area (Å²) in [4.78, 5) is 28.7. The van der Waals surface area contributed by atoms with Gasteiger partial charge in [0.25, 0.3) is 5.91 Å². The molecule has 1 N–H and O–H groups in total. The number of hydrogen-bond acceptors (Lipinski definition) is 7. The number of carbonyl (C=O) groups is 2.